The number of methoxy groups -OCH3 is 1. The van der Waals surface area contributed by atoms with Crippen LogP contribution in [0.5, 0.6) is 0 Å². The first-order chi connectivity index (χ1) is 11.7. The first kappa shape index (κ1) is 18.2. The molecule has 4 heterocycles. The van der Waals surface area contributed by atoms with Crippen molar-refractivity contribution in [2.75, 3.05) is 46.4 Å². The molecule has 0 aromatic carbocycles. The van der Waals surface area contributed by atoms with Gasteiger partial charge in [-0.3, -0.25) is 9.69 Å². The standard InChI is InChI=1S/C19H34N2O3/c1-23-17-6-5-11-20(14-17)10-4-2-3-7-19(22)24-18-15-21-12-8-16(18)9-13-21/h16-18H,2-15H2,1H3/t17-,18+/m0/s1. The highest BCUT2D eigenvalue weighted by molar-refractivity contribution is 5.69. The molecule has 2 atom stereocenters. The van der Waals surface area contributed by atoms with Crippen molar-refractivity contribution in [3.63, 3.8) is 0 Å². The van der Waals surface area contributed by atoms with E-state index in [-0.39, 0.29) is 12.1 Å². The summed E-state index contributed by atoms with van der Waals surface area (Å²) < 4.78 is 11.2. The minimum Gasteiger partial charge on any atom is -0.461 e. The van der Waals surface area contributed by atoms with Crippen molar-refractivity contribution < 1.29 is 14.3 Å². The molecule has 5 nitrogen and oxygen atoms in total. The van der Waals surface area contributed by atoms with Crippen molar-refractivity contribution in [1.29, 1.82) is 0 Å². The number of rotatable bonds is 8. The van der Waals surface area contributed by atoms with Crippen molar-refractivity contribution in [2.45, 2.75) is 63.6 Å². The van der Waals surface area contributed by atoms with Crippen LogP contribution >= 0.6 is 0 Å². The minimum absolute atomic E-state index is 0.0196. The Morgan fingerprint density at radius 3 is 2.58 bits per heavy atom. The van der Waals surface area contributed by atoms with Crippen LogP contribution in [0, 0.1) is 5.92 Å². The number of ether oxygens (including phenoxy) is 2. The van der Waals surface area contributed by atoms with E-state index in [2.05, 4.69) is 9.80 Å². The third kappa shape index (κ3) is 5.17. The lowest BCUT2D eigenvalue weighted by Crippen LogP contribution is -2.51. The zero-order valence-electron chi connectivity index (χ0n) is 15.3. The SMILES string of the molecule is CO[C@H]1CCCN(CCCCCC(=O)O[C@@H]2CN3CCC2CC3)C1. The van der Waals surface area contributed by atoms with Gasteiger partial charge in [-0.15, -0.1) is 0 Å². The molecule has 0 unspecified atom stereocenters. The number of piperidine rings is 4. The summed E-state index contributed by atoms with van der Waals surface area (Å²) in [7, 11) is 1.81. The summed E-state index contributed by atoms with van der Waals surface area (Å²) in [6.07, 6.45) is 9.25. The fourth-order valence-corrected chi connectivity index (χ4v) is 4.46. The molecule has 0 spiro atoms. The summed E-state index contributed by atoms with van der Waals surface area (Å²) in [6, 6.07) is 0. The van der Waals surface area contributed by atoms with Crippen LogP contribution in [0.4, 0.5) is 0 Å². The molecule has 0 saturated carbocycles. The number of carbonyl (C=O) groups is 1. The fraction of sp³-hybridized carbons (Fsp3) is 0.947. The number of nitrogens with zero attached hydrogens (tertiary/aromatic N) is 2. The quantitative estimate of drug-likeness (QED) is 0.502. The van der Waals surface area contributed by atoms with Gasteiger partial charge in [-0.05, 0) is 70.6 Å². The van der Waals surface area contributed by atoms with Gasteiger partial charge in [0, 0.05) is 26.6 Å². The lowest BCUT2D eigenvalue weighted by atomic mass is 9.86. The molecular formula is C19H34N2O3. The number of carbonyl (C=O) groups excluding carboxylic acids is 1. The highest BCUT2D eigenvalue weighted by Gasteiger charge is 2.36. The van der Waals surface area contributed by atoms with Gasteiger partial charge in [-0.2, -0.15) is 0 Å². The summed E-state index contributed by atoms with van der Waals surface area (Å²) in [6.45, 7) is 6.75. The second kappa shape index (κ2) is 9.16. The molecule has 0 aromatic heterocycles. The Balaban J connectivity index is 1.23. The zero-order valence-corrected chi connectivity index (χ0v) is 15.3. The molecule has 5 heteroatoms. The molecule has 4 aliphatic heterocycles. The van der Waals surface area contributed by atoms with Crippen LogP contribution in [0.15, 0.2) is 0 Å². The molecule has 0 aromatic rings. The second-order valence-electron chi connectivity index (χ2n) is 7.78. The van der Waals surface area contributed by atoms with Crippen LogP contribution in [0.2, 0.25) is 0 Å². The van der Waals surface area contributed by atoms with Gasteiger partial charge in [0.25, 0.3) is 0 Å². The largest absolute Gasteiger partial charge is 0.461 e. The van der Waals surface area contributed by atoms with Gasteiger partial charge in [0.05, 0.1) is 6.10 Å². The molecule has 4 saturated heterocycles. The van der Waals surface area contributed by atoms with E-state index in [0.717, 1.165) is 32.5 Å². The number of hydrogen-bond acceptors (Lipinski definition) is 5. The molecule has 4 fully saturated rings. The molecule has 24 heavy (non-hydrogen) atoms. The van der Waals surface area contributed by atoms with Crippen LogP contribution in [-0.4, -0.2) is 74.4 Å². The van der Waals surface area contributed by atoms with E-state index < -0.39 is 0 Å². The molecule has 2 bridgehead atoms. The molecule has 4 aliphatic rings. The second-order valence-corrected chi connectivity index (χ2v) is 7.78. The van der Waals surface area contributed by atoms with E-state index in [4.69, 9.17) is 9.47 Å². The van der Waals surface area contributed by atoms with Gasteiger partial charge in [-0.25, -0.2) is 0 Å². The molecule has 0 amide bonds. The number of unbranched alkanes of at least 4 members (excludes halogenated alkanes) is 2. The topological polar surface area (TPSA) is 42.0 Å². The average molecular weight is 338 g/mol. The van der Waals surface area contributed by atoms with Crippen molar-refractivity contribution in [3.8, 4) is 0 Å². The first-order valence-electron chi connectivity index (χ1n) is 9.91. The number of esters is 1. The summed E-state index contributed by atoms with van der Waals surface area (Å²) in [5.41, 5.74) is 0. The molecule has 4 rings (SSSR count). The Kier molecular flexibility index (Phi) is 6.93. The Hall–Kier alpha value is -0.650. The van der Waals surface area contributed by atoms with E-state index in [0.29, 0.717) is 18.4 Å². The highest BCUT2D eigenvalue weighted by Crippen LogP contribution is 2.29. The van der Waals surface area contributed by atoms with Gasteiger partial charge < -0.3 is 14.4 Å². The van der Waals surface area contributed by atoms with Crippen molar-refractivity contribution in [1.82, 2.24) is 9.80 Å². The Morgan fingerprint density at radius 2 is 1.88 bits per heavy atom. The van der Waals surface area contributed by atoms with Crippen LogP contribution in [0.3, 0.4) is 0 Å². The van der Waals surface area contributed by atoms with Gasteiger partial charge in [-0.1, -0.05) is 6.42 Å². The normalized spacial score (nSPS) is 33.5. The summed E-state index contributed by atoms with van der Waals surface area (Å²) in [5.74, 6) is 0.637. The Labute approximate surface area is 146 Å². The van der Waals surface area contributed by atoms with E-state index in [9.17, 15) is 4.79 Å². The van der Waals surface area contributed by atoms with E-state index in [1.807, 2.05) is 7.11 Å². The smallest absolute Gasteiger partial charge is 0.306 e. The summed E-state index contributed by atoms with van der Waals surface area (Å²) in [5, 5.41) is 0. The minimum atomic E-state index is 0.0196. The van der Waals surface area contributed by atoms with Crippen molar-refractivity contribution in [2.24, 2.45) is 5.92 Å². The van der Waals surface area contributed by atoms with Gasteiger partial charge in [0.2, 0.25) is 0 Å². The molecule has 138 valence electrons. The van der Waals surface area contributed by atoms with E-state index in [1.165, 1.54) is 51.7 Å². The fourth-order valence-electron chi connectivity index (χ4n) is 4.46. The monoisotopic (exact) mass is 338 g/mol. The third-order valence-corrected chi connectivity index (χ3v) is 6.03. The highest BCUT2D eigenvalue weighted by atomic mass is 16.5. The summed E-state index contributed by atoms with van der Waals surface area (Å²) in [4.78, 5) is 17.0. The third-order valence-electron chi connectivity index (χ3n) is 6.03. The van der Waals surface area contributed by atoms with Crippen LogP contribution in [0.1, 0.15) is 51.4 Å². The number of fused-ring (bicyclic) bond motifs is 3. The lowest BCUT2D eigenvalue weighted by molar-refractivity contribution is -0.158. The lowest BCUT2D eigenvalue weighted by Gasteiger charge is -2.43. The predicted molar refractivity (Wildman–Crippen MR) is 94.0 cm³/mol. The van der Waals surface area contributed by atoms with Crippen LogP contribution < -0.4 is 0 Å². The van der Waals surface area contributed by atoms with Gasteiger partial charge >= 0.3 is 5.97 Å². The maximum Gasteiger partial charge on any atom is 0.306 e. The number of likely N-dealkylation sites (tertiary alicyclic amines) is 1. The molecule has 0 N–H and O–H groups in total. The van der Waals surface area contributed by atoms with E-state index >= 15 is 0 Å². The first-order valence-corrected chi connectivity index (χ1v) is 9.91. The Morgan fingerprint density at radius 1 is 1.04 bits per heavy atom. The molecule has 0 radical (unpaired) electrons. The van der Waals surface area contributed by atoms with Crippen LogP contribution in [-0.2, 0) is 14.3 Å². The predicted octanol–water partition coefficient (Wildman–Crippen LogP) is 2.29. The Bertz CT molecular complexity index is 396. The van der Waals surface area contributed by atoms with Crippen LogP contribution in [0.25, 0.3) is 0 Å². The summed E-state index contributed by atoms with van der Waals surface area (Å²) >= 11 is 0. The van der Waals surface area contributed by atoms with Gasteiger partial charge in [0.15, 0.2) is 0 Å². The van der Waals surface area contributed by atoms with Crippen molar-refractivity contribution >= 4 is 5.97 Å². The zero-order chi connectivity index (χ0) is 16.8. The molecular weight excluding hydrogens is 304 g/mol. The van der Waals surface area contributed by atoms with E-state index in [1.54, 1.807) is 0 Å². The maximum atomic E-state index is 12.1. The number of hydrogen-bond donors (Lipinski definition) is 0. The maximum absolute atomic E-state index is 12.1. The molecule has 0 aliphatic carbocycles. The van der Waals surface area contributed by atoms with Gasteiger partial charge in [0.1, 0.15) is 6.10 Å². The van der Waals surface area contributed by atoms with Crippen molar-refractivity contribution in [3.05, 3.63) is 0 Å². The average Bonchev–Trinajstić information content (AvgIpc) is 2.62.